The van der Waals surface area contributed by atoms with Gasteiger partial charge < -0.3 is 16.4 Å². The number of aromatic nitrogens is 3. The molecule has 1 aromatic heterocycles. The number of carbonyl (C=O) groups excluding carboxylic acids is 1. The van der Waals surface area contributed by atoms with Gasteiger partial charge in [-0.05, 0) is 32.4 Å². The van der Waals surface area contributed by atoms with E-state index in [0.29, 0.717) is 23.3 Å². The minimum absolute atomic E-state index is 0.0133. The Morgan fingerprint density at radius 1 is 1.24 bits per heavy atom. The van der Waals surface area contributed by atoms with Gasteiger partial charge in [0.2, 0.25) is 17.8 Å². The van der Waals surface area contributed by atoms with E-state index in [0.717, 1.165) is 12.1 Å². The molecule has 0 bridgehead atoms. The van der Waals surface area contributed by atoms with Crippen molar-refractivity contribution >= 4 is 35.3 Å². The molecule has 0 aliphatic heterocycles. The molecule has 1 heterocycles. The summed E-state index contributed by atoms with van der Waals surface area (Å²) in [6, 6.07) is 8.08. The first-order valence-electron chi connectivity index (χ1n) is 8.17. The highest BCUT2D eigenvalue weighted by Gasteiger charge is 2.08. The molecule has 1 aromatic carbocycles. The van der Waals surface area contributed by atoms with Crippen molar-refractivity contribution in [3.63, 3.8) is 0 Å². The van der Waals surface area contributed by atoms with Gasteiger partial charge in [0, 0.05) is 11.7 Å². The third-order valence-corrected chi connectivity index (χ3v) is 4.42. The fraction of sp³-hybridized carbons (Fsp3) is 0.412. The lowest BCUT2D eigenvalue weighted by atomic mass is 10.2. The Morgan fingerprint density at radius 2 is 1.96 bits per heavy atom. The van der Waals surface area contributed by atoms with Gasteiger partial charge in [-0.3, -0.25) is 4.79 Å². The van der Waals surface area contributed by atoms with Crippen LogP contribution in [0.5, 0.6) is 0 Å². The molecular formula is C17H24N6OS. The zero-order valence-corrected chi connectivity index (χ0v) is 15.6. The van der Waals surface area contributed by atoms with Crippen LogP contribution in [0.4, 0.5) is 17.6 Å². The number of rotatable bonds is 8. The second-order valence-corrected chi connectivity index (χ2v) is 6.78. The molecule has 134 valence electrons. The predicted molar refractivity (Wildman–Crippen MR) is 103 cm³/mol. The predicted octanol–water partition coefficient (Wildman–Crippen LogP) is 2.65. The normalized spacial score (nSPS) is 11.8. The summed E-state index contributed by atoms with van der Waals surface area (Å²) in [7, 11) is 0. The Labute approximate surface area is 152 Å². The number of aryl methyl sites for hydroxylation is 1. The monoisotopic (exact) mass is 360 g/mol. The molecule has 0 saturated carbocycles. The molecule has 1 amide bonds. The maximum absolute atomic E-state index is 11.8. The molecule has 0 fully saturated rings. The fourth-order valence-corrected chi connectivity index (χ4v) is 2.66. The summed E-state index contributed by atoms with van der Waals surface area (Å²) in [5.74, 6) is 1.96. The highest BCUT2D eigenvalue weighted by Crippen LogP contribution is 2.16. The number of amides is 1. The second-order valence-electron chi connectivity index (χ2n) is 5.79. The van der Waals surface area contributed by atoms with Gasteiger partial charge in [-0.25, -0.2) is 0 Å². The molecule has 0 aliphatic carbocycles. The lowest BCUT2D eigenvalue weighted by Gasteiger charge is -2.11. The molecule has 8 heteroatoms. The number of hydrogen-bond donors (Lipinski definition) is 3. The van der Waals surface area contributed by atoms with Crippen LogP contribution in [0.15, 0.2) is 24.3 Å². The number of carbonyl (C=O) groups is 1. The molecule has 0 unspecified atom stereocenters. The van der Waals surface area contributed by atoms with E-state index in [2.05, 4.69) is 25.6 Å². The van der Waals surface area contributed by atoms with Crippen molar-refractivity contribution in [2.24, 2.45) is 0 Å². The van der Waals surface area contributed by atoms with E-state index in [9.17, 15) is 4.79 Å². The number of benzene rings is 1. The van der Waals surface area contributed by atoms with Crippen LogP contribution in [0.2, 0.25) is 0 Å². The summed E-state index contributed by atoms with van der Waals surface area (Å²) >= 11 is 1.44. The van der Waals surface area contributed by atoms with Crippen molar-refractivity contribution in [1.29, 1.82) is 0 Å². The van der Waals surface area contributed by atoms with Crippen LogP contribution in [-0.4, -0.2) is 32.7 Å². The van der Waals surface area contributed by atoms with E-state index in [1.165, 1.54) is 17.3 Å². The zero-order valence-electron chi connectivity index (χ0n) is 14.7. The Balaban J connectivity index is 1.92. The van der Waals surface area contributed by atoms with Crippen LogP contribution >= 0.6 is 11.8 Å². The average molecular weight is 360 g/mol. The minimum Gasteiger partial charge on any atom is -0.368 e. The summed E-state index contributed by atoms with van der Waals surface area (Å²) in [6.45, 7) is 6.05. The lowest BCUT2D eigenvalue weighted by molar-refractivity contribution is -0.119. The van der Waals surface area contributed by atoms with Crippen molar-refractivity contribution in [3.8, 4) is 0 Å². The van der Waals surface area contributed by atoms with Crippen LogP contribution in [0, 0.1) is 6.92 Å². The van der Waals surface area contributed by atoms with Crippen LogP contribution in [0.3, 0.4) is 0 Å². The minimum atomic E-state index is 0.0133. The summed E-state index contributed by atoms with van der Waals surface area (Å²) in [5, 5.41) is 6.04. The van der Waals surface area contributed by atoms with Crippen molar-refractivity contribution in [2.75, 3.05) is 16.8 Å². The van der Waals surface area contributed by atoms with E-state index < -0.39 is 0 Å². The molecule has 0 aliphatic rings. The van der Waals surface area contributed by atoms with Gasteiger partial charge in [-0.1, -0.05) is 24.6 Å². The largest absolute Gasteiger partial charge is 0.368 e. The van der Waals surface area contributed by atoms with Gasteiger partial charge in [0.25, 0.3) is 0 Å². The van der Waals surface area contributed by atoms with E-state index in [-0.39, 0.29) is 17.9 Å². The number of nitrogen functional groups attached to an aromatic ring is 1. The first-order valence-corrected chi connectivity index (χ1v) is 9.33. The van der Waals surface area contributed by atoms with E-state index >= 15 is 0 Å². The quantitative estimate of drug-likeness (QED) is 0.664. The SMILES string of the molecule is CC[C@H](C)NC(=O)CSCc1nc(N)nc(Nc2ccc(C)cc2)n1. The maximum Gasteiger partial charge on any atom is 0.232 e. The fourth-order valence-electron chi connectivity index (χ4n) is 1.98. The number of nitrogens with zero attached hydrogens (tertiary/aromatic N) is 3. The van der Waals surface area contributed by atoms with Crippen molar-refractivity contribution in [2.45, 2.75) is 39.0 Å². The van der Waals surface area contributed by atoms with Gasteiger partial charge >= 0.3 is 0 Å². The number of nitrogens with two attached hydrogens (primary N) is 1. The van der Waals surface area contributed by atoms with Gasteiger partial charge in [-0.15, -0.1) is 11.8 Å². The van der Waals surface area contributed by atoms with Crippen molar-refractivity contribution in [1.82, 2.24) is 20.3 Å². The molecule has 0 spiro atoms. The topological polar surface area (TPSA) is 106 Å². The highest BCUT2D eigenvalue weighted by atomic mass is 32.2. The molecule has 7 nitrogen and oxygen atoms in total. The first-order chi connectivity index (χ1) is 12.0. The standard InChI is InChI=1S/C17H24N6OS/c1-4-12(3)19-15(24)10-25-9-14-21-16(18)23-17(22-14)20-13-7-5-11(2)6-8-13/h5-8,12H,4,9-10H2,1-3H3,(H,19,24)(H3,18,20,21,22,23)/t12-/m0/s1. The van der Waals surface area contributed by atoms with Gasteiger partial charge in [-0.2, -0.15) is 15.0 Å². The third kappa shape index (κ3) is 6.58. The number of nitrogens with one attached hydrogen (secondary N) is 2. The number of anilines is 3. The highest BCUT2D eigenvalue weighted by molar-refractivity contribution is 7.99. The van der Waals surface area contributed by atoms with Gasteiger partial charge in [0.15, 0.2) is 0 Å². The Bertz CT molecular complexity index is 707. The zero-order chi connectivity index (χ0) is 18.2. The third-order valence-electron chi connectivity index (χ3n) is 3.49. The Morgan fingerprint density at radius 3 is 2.64 bits per heavy atom. The molecule has 0 saturated heterocycles. The summed E-state index contributed by atoms with van der Waals surface area (Å²) in [5.41, 5.74) is 7.81. The number of hydrogen-bond acceptors (Lipinski definition) is 7. The van der Waals surface area contributed by atoms with E-state index in [1.54, 1.807) is 0 Å². The maximum atomic E-state index is 11.8. The molecule has 2 aromatic rings. The summed E-state index contributed by atoms with van der Waals surface area (Å²) in [4.78, 5) is 24.4. The molecule has 0 radical (unpaired) electrons. The van der Waals surface area contributed by atoms with Crippen molar-refractivity contribution in [3.05, 3.63) is 35.7 Å². The molecule has 2 rings (SSSR count). The molecule has 25 heavy (non-hydrogen) atoms. The van der Waals surface area contributed by atoms with Crippen LogP contribution in [-0.2, 0) is 10.5 Å². The number of thioether (sulfide) groups is 1. The van der Waals surface area contributed by atoms with Crippen LogP contribution < -0.4 is 16.4 Å². The molecular weight excluding hydrogens is 336 g/mol. The summed E-state index contributed by atoms with van der Waals surface area (Å²) in [6.07, 6.45) is 0.911. The van der Waals surface area contributed by atoms with Crippen LogP contribution in [0.1, 0.15) is 31.7 Å². The summed E-state index contributed by atoms with van der Waals surface area (Å²) < 4.78 is 0. The average Bonchev–Trinajstić information content (AvgIpc) is 2.56. The van der Waals surface area contributed by atoms with E-state index in [1.807, 2.05) is 45.0 Å². The van der Waals surface area contributed by atoms with Gasteiger partial charge in [0.05, 0.1) is 11.5 Å². The lowest BCUT2D eigenvalue weighted by Crippen LogP contribution is -2.33. The molecule has 1 atom stereocenters. The van der Waals surface area contributed by atoms with Crippen molar-refractivity contribution < 1.29 is 4.79 Å². The second kappa shape index (κ2) is 9.22. The van der Waals surface area contributed by atoms with Gasteiger partial charge in [0.1, 0.15) is 5.82 Å². The Kier molecular flexibility index (Phi) is 7.00. The molecule has 4 N–H and O–H groups in total. The van der Waals surface area contributed by atoms with E-state index in [4.69, 9.17) is 5.73 Å². The Hall–Kier alpha value is -2.35. The van der Waals surface area contributed by atoms with Crippen LogP contribution in [0.25, 0.3) is 0 Å². The smallest absolute Gasteiger partial charge is 0.232 e. The first kappa shape index (κ1) is 19.0.